The highest BCUT2D eigenvalue weighted by Gasteiger charge is 2.30. The van der Waals surface area contributed by atoms with E-state index in [2.05, 4.69) is 16.4 Å². The summed E-state index contributed by atoms with van der Waals surface area (Å²) in [6.45, 7) is 4.27. The third-order valence-electron chi connectivity index (χ3n) is 4.13. The third-order valence-corrected chi connectivity index (χ3v) is 6.95. The number of sulfonamides is 1. The molecule has 1 N–H and O–H groups in total. The summed E-state index contributed by atoms with van der Waals surface area (Å²) < 4.78 is 32.3. The molecule has 0 spiro atoms. The Kier molecular flexibility index (Phi) is 5.06. The van der Waals surface area contributed by atoms with Gasteiger partial charge in [-0.2, -0.15) is 0 Å². The van der Waals surface area contributed by atoms with E-state index in [1.807, 2.05) is 0 Å². The quantitative estimate of drug-likeness (QED) is 0.842. The number of rotatable bonds is 5. The topological polar surface area (TPSA) is 72.5 Å². The Hall–Kier alpha value is -0.920. The van der Waals surface area contributed by atoms with Gasteiger partial charge in [0.15, 0.2) is 0 Å². The lowest BCUT2D eigenvalue weighted by molar-refractivity contribution is 0.0602. The van der Waals surface area contributed by atoms with Crippen molar-refractivity contribution < 1.29 is 17.9 Å². The van der Waals surface area contributed by atoms with Crippen LogP contribution in [0.25, 0.3) is 0 Å². The van der Waals surface area contributed by atoms with Crippen LogP contribution in [0.3, 0.4) is 0 Å². The van der Waals surface area contributed by atoms with Gasteiger partial charge in [-0.15, -0.1) is 11.3 Å². The van der Waals surface area contributed by atoms with E-state index in [1.165, 1.54) is 7.11 Å². The van der Waals surface area contributed by atoms with Crippen molar-refractivity contribution in [3.8, 4) is 0 Å². The van der Waals surface area contributed by atoms with Gasteiger partial charge >= 0.3 is 5.97 Å². The highest BCUT2D eigenvalue weighted by Crippen LogP contribution is 2.32. The Balaban J connectivity index is 2.19. The zero-order valence-electron chi connectivity index (χ0n) is 12.5. The van der Waals surface area contributed by atoms with E-state index in [9.17, 15) is 13.2 Å². The van der Waals surface area contributed by atoms with Crippen molar-refractivity contribution in [1.82, 2.24) is 4.72 Å². The highest BCUT2D eigenvalue weighted by atomic mass is 32.2. The van der Waals surface area contributed by atoms with Crippen molar-refractivity contribution in [2.75, 3.05) is 13.7 Å². The average molecular weight is 331 g/mol. The molecule has 0 bridgehead atoms. The van der Waals surface area contributed by atoms with E-state index in [0.717, 1.165) is 30.6 Å². The second-order valence-electron chi connectivity index (χ2n) is 5.59. The van der Waals surface area contributed by atoms with Gasteiger partial charge in [0.2, 0.25) is 10.0 Å². The first-order chi connectivity index (χ1) is 9.86. The molecule has 1 aliphatic carbocycles. The van der Waals surface area contributed by atoms with Crippen LogP contribution in [0, 0.1) is 18.8 Å². The number of carbonyl (C=O) groups excluding carboxylic acids is 1. The smallest absolute Gasteiger partial charge is 0.349 e. The monoisotopic (exact) mass is 331 g/mol. The molecule has 2 rings (SSSR count). The number of ether oxygens (including phenoxy) is 1. The molecule has 1 aliphatic rings. The number of esters is 1. The fourth-order valence-corrected chi connectivity index (χ4v) is 5.61. The first-order valence-electron chi connectivity index (χ1n) is 7.03. The molecule has 0 radical (unpaired) electrons. The summed E-state index contributed by atoms with van der Waals surface area (Å²) >= 11 is 1.10. The van der Waals surface area contributed by atoms with Crippen molar-refractivity contribution in [2.24, 2.45) is 11.8 Å². The lowest BCUT2D eigenvalue weighted by Gasteiger charge is -2.16. The largest absolute Gasteiger partial charge is 0.465 e. The Bertz CT molecular complexity index is 621. The molecule has 21 heavy (non-hydrogen) atoms. The minimum atomic E-state index is -3.68. The number of methoxy groups -OCH3 is 1. The Morgan fingerprint density at radius 2 is 2.19 bits per heavy atom. The molecule has 7 heteroatoms. The standard InChI is InChI=1S/C14H21NO4S2/c1-9-5-4-6-11(9)7-15-21(17,18)13-10(2)8-20-12(13)14(16)19-3/h8-9,11,15H,4-7H2,1-3H3. The van der Waals surface area contributed by atoms with Crippen LogP contribution in [0.2, 0.25) is 0 Å². The number of carbonyl (C=O) groups is 1. The maximum atomic E-state index is 12.5. The van der Waals surface area contributed by atoms with Gasteiger partial charge in [0.1, 0.15) is 9.77 Å². The van der Waals surface area contributed by atoms with Crippen LogP contribution in [0.1, 0.15) is 41.4 Å². The number of aryl methyl sites for hydroxylation is 1. The van der Waals surface area contributed by atoms with E-state index in [4.69, 9.17) is 0 Å². The minimum Gasteiger partial charge on any atom is -0.465 e. The summed E-state index contributed by atoms with van der Waals surface area (Å²) in [5.41, 5.74) is 0.576. The normalized spacial score (nSPS) is 22.4. The summed E-state index contributed by atoms with van der Waals surface area (Å²) in [6, 6.07) is 0. The molecule has 1 fully saturated rings. The van der Waals surface area contributed by atoms with Crippen molar-refractivity contribution in [3.05, 3.63) is 15.8 Å². The van der Waals surface area contributed by atoms with Crippen LogP contribution >= 0.6 is 11.3 Å². The molecule has 0 amide bonds. The maximum Gasteiger partial charge on any atom is 0.349 e. The summed E-state index contributed by atoms with van der Waals surface area (Å²) in [7, 11) is -2.43. The molecule has 1 heterocycles. The van der Waals surface area contributed by atoms with Crippen LogP contribution in [0.5, 0.6) is 0 Å². The second kappa shape index (κ2) is 6.46. The molecule has 2 atom stereocenters. The van der Waals surface area contributed by atoms with Gasteiger partial charge in [-0.1, -0.05) is 19.8 Å². The zero-order chi connectivity index (χ0) is 15.6. The number of hydrogen-bond acceptors (Lipinski definition) is 5. The molecule has 2 unspecified atom stereocenters. The molecule has 5 nitrogen and oxygen atoms in total. The van der Waals surface area contributed by atoms with Crippen LogP contribution in [0.15, 0.2) is 10.3 Å². The van der Waals surface area contributed by atoms with Crippen LogP contribution in [0.4, 0.5) is 0 Å². The predicted molar refractivity (Wildman–Crippen MR) is 82.1 cm³/mol. The Morgan fingerprint density at radius 3 is 2.76 bits per heavy atom. The summed E-state index contributed by atoms with van der Waals surface area (Å²) in [4.78, 5) is 11.9. The molecule has 1 aromatic rings. The van der Waals surface area contributed by atoms with Crippen molar-refractivity contribution in [2.45, 2.75) is 38.0 Å². The van der Waals surface area contributed by atoms with Crippen molar-refractivity contribution >= 4 is 27.3 Å². The predicted octanol–water partition coefficient (Wildman–Crippen LogP) is 2.56. The fourth-order valence-electron chi connectivity index (χ4n) is 2.82. The van der Waals surface area contributed by atoms with Crippen molar-refractivity contribution in [1.29, 1.82) is 0 Å². The van der Waals surface area contributed by atoms with Gasteiger partial charge in [0, 0.05) is 6.54 Å². The first-order valence-corrected chi connectivity index (χ1v) is 9.39. The zero-order valence-corrected chi connectivity index (χ0v) is 14.1. The summed E-state index contributed by atoms with van der Waals surface area (Å²) in [6.07, 6.45) is 3.35. The highest BCUT2D eigenvalue weighted by molar-refractivity contribution is 7.89. The number of thiophene rings is 1. The summed E-state index contributed by atoms with van der Waals surface area (Å²) in [5, 5.41) is 1.67. The molecule has 0 aromatic carbocycles. The van der Waals surface area contributed by atoms with E-state index in [1.54, 1.807) is 12.3 Å². The number of nitrogens with one attached hydrogen (secondary N) is 1. The SMILES string of the molecule is COC(=O)c1scc(C)c1S(=O)(=O)NCC1CCCC1C. The molecule has 1 aromatic heterocycles. The fraction of sp³-hybridized carbons (Fsp3) is 0.643. The number of hydrogen-bond donors (Lipinski definition) is 1. The molecule has 0 saturated heterocycles. The van der Waals surface area contributed by atoms with E-state index in [-0.39, 0.29) is 9.77 Å². The first kappa shape index (κ1) is 16.5. The second-order valence-corrected chi connectivity index (χ2v) is 8.17. The lowest BCUT2D eigenvalue weighted by atomic mass is 9.99. The average Bonchev–Trinajstić information content (AvgIpc) is 3.02. The molecule has 0 aliphatic heterocycles. The van der Waals surface area contributed by atoms with Gasteiger partial charge < -0.3 is 4.74 Å². The molecular formula is C14H21NO4S2. The molecule has 118 valence electrons. The summed E-state index contributed by atoms with van der Waals surface area (Å²) in [5.74, 6) is 0.305. The molecular weight excluding hydrogens is 310 g/mol. The van der Waals surface area contributed by atoms with Gasteiger partial charge in [0.05, 0.1) is 7.11 Å². The Morgan fingerprint density at radius 1 is 1.48 bits per heavy atom. The third kappa shape index (κ3) is 3.46. The maximum absolute atomic E-state index is 12.5. The van der Waals surface area contributed by atoms with Crippen LogP contribution < -0.4 is 4.72 Å². The van der Waals surface area contributed by atoms with E-state index < -0.39 is 16.0 Å². The molecule has 1 saturated carbocycles. The minimum absolute atomic E-state index is 0.0602. The van der Waals surface area contributed by atoms with Gasteiger partial charge in [-0.25, -0.2) is 17.9 Å². The Labute approximate surface area is 129 Å². The van der Waals surface area contributed by atoms with Crippen molar-refractivity contribution in [3.63, 3.8) is 0 Å². The van der Waals surface area contributed by atoms with Crippen LogP contribution in [-0.2, 0) is 14.8 Å². The van der Waals surface area contributed by atoms with Gasteiger partial charge in [0.25, 0.3) is 0 Å². The van der Waals surface area contributed by atoms with Crippen LogP contribution in [-0.4, -0.2) is 28.0 Å². The van der Waals surface area contributed by atoms with Gasteiger partial charge in [-0.05, 0) is 36.1 Å². The van der Waals surface area contributed by atoms with Gasteiger partial charge in [-0.3, -0.25) is 0 Å². The lowest BCUT2D eigenvalue weighted by Crippen LogP contribution is -2.31. The van der Waals surface area contributed by atoms with E-state index in [0.29, 0.717) is 23.9 Å². The van der Waals surface area contributed by atoms with E-state index >= 15 is 0 Å².